The highest BCUT2D eigenvalue weighted by atomic mass is 35.5. The van der Waals surface area contributed by atoms with Crippen molar-refractivity contribution in [2.75, 3.05) is 0 Å². The van der Waals surface area contributed by atoms with Crippen molar-refractivity contribution < 1.29 is 9.90 Å². The Hall–Kier alpha value is -0.570. The Balaban J connectivity index is 3.30. The minimum Gasteiger partial charge on any atom is -0.477 e. The normalized spacial score (nSPS) is 9.50. The first-order valence-electron chi connectivity index (χ1n) is 1.14. The summed E-state index contributed by atoms with van der Waals surface area (Å²) in [7, 11) is 0. The van der Waals surface area contributed by atoms with Gasteiger partial charge in [0.1, 0.15) is 6.21 Å². The van der Waals surface area contributed by atoms with E-state index in [2.05, 4.69) is 16.3 Å². The summed E-state index contributed by atoms with van der Waals surface area (Å²) >= 11 is 4.59. The molecule has 0 saturated carbocycles. The molecule has 0 radical (unpaired) electrons. The van der Waals surface area contributed by atoms with Crippen molar-refractivity contribution in [3.63, 3.8) is 0 Å². The molecule has 0 aliphatic carbocycles. The van der Waals surface area contributed by atoms with Crippen LogP contribution in [0.3, 0.4) is 0 Å². The summed E-state index contributed by atoms with van der Waals surface area (Å²) in [5.41, 5.74) is 0. The molecule has 0 bridgehead atoms. The van der Waals surface area contributed by atoms with E-state index in [1.807, 2.05) is 0 Å². The second-order valence-corrected chi connectivity index (χ2v) is 0.760. The zero-order valence-electron chi connectivity index (χ0n) is 2.76. The SMILES string of the molecule is O=C(O)/C=N/Cl. The van der Waals surface area contributed by atoms with Crippen LogP contribution in [0.4, 0.5) is 0 Å². The first-order valence-corrected chi connectivity index (χ1v) is 1.48. The lowest BCUT2D eigenvalue weighted by molar-refractivity contribution is -0.128. The van der Waals surface area contributed by atoms with E-state index in [1.54, 1.807) is 0 Å². The van der Waals surface area contributed by atoms with Crippen LogP contribution in [-0.4, -0.2) is 17.3 Å². The van der Waals surface area contributed by atoms with E-state index in [4.69, 9.17) is 5.11 Å². The van der Waals surface area contributed by atoms with Gasteiger partial charge < -0.3 is 5.11 Å². The molecule has 0 aromatic carbocycles. The second-order valence-electron chi connectivity index (χ2n) is 0.565. The molecule has 0 aliphatic heterocycles. The summed E-state index contributed by atoms with van der Waals surface area (Å²) in [6.07, 6.45) is 0.599. The number of nitrogens with zero attached hydrogens (tertiary/aromatic N) is 1. The minimum absolute atomic E-state index is 0.599. The van der Waals surface area contributed by atoms with Crippen LogP contribution in [-0.2, 0) is 4.79 Å². The van der Waals surface area contributed by atoms with Gasteiger partial charge in [-0.2, -0.15) is 4.51 Å². The molecule has 0 spiro atoms. The molecule has 1 N–H and O–H groups in total. The number of carbonyl (C=O) groups is 1. The zero-order valence-corrected chi connectivity index (χ0v) is 3.51. The number of rotatable bonds is 1. The molecule has 0 saturated heterocycles. The molecule has 0 amide bonds. The molecule has 4 heteroatoms. The first kappa shape index (κ1) is 5.43. The third-order valence-corrected chi connectivity index (χ3v) is 0.257. The van der Waals surface area contributed by atoms with E-state index in [1.165, 1.54) is 0 Å². The molecule has 0 aromatic rings. The lowest BCUT2D eigenvalue weighted by Crippen LogP contribution is -1.92. The molecule has 0 aromatic heterocycles. The average Bonchev–Trinajstić information content (AvgIpc) is 1.35. The van der Waals surface area contributed by atoms with Crippen molar-refractivity contribution in [2.24, 2.45) is 4.51 Å². The minimum atomic E-state index is -1.13. The lowest BCUT2D eigenvalue weighted by Gasteiger charge is -1.66. The summed E-state index contributed by atoms with van der Waals surface area (Å²) in [6.45, 7) is 0. The van der Waals surface area contributed by atoms with Gasteiger partial charge in [0.25, 0.3) is 0 Å². The van der Waals surface area contributed by atoms with E-state index in [0.29, 0.717) is 6.21 Å². The van der Waals surface area contributed by atoms with Gasteiger partial charge in [-0.25, -0.2) is 4.79 Å². The Bertz CT molecular complexity index is 79.6. The van der Waals surface area contributed by atoms with Gasteiger partial charge in [0.2, 0.25) is 0 Å². The highest BCUT2D eigenvalue weighted by molar-refractivity contribution is 6.30. The Morgan fingerprint density at radius 2 is 2.50 bits per heavy atom. The smallest absolute Gasteiger partial charge is 0.348 e. The molecule has 6 heavy (non-hydrogen) atoms. The molecule has 34 valence electrons. The van der Waals surface area contributed by atoms with Gasteiger partial charge in [-0.1, -0.05) is 0 Å². The predicted octanol–water partition coefficient (Wildman–Crippen LogP) is 0.296. The van der Waals surface area contributed by atoms with Gasteiger partial charge in [-0.05, 0) is 0 Å². The lowest BCUT2D eigenvalue weighted by atomic mass is 10.8. The number of carboxylic acids is 1. The van der Waals surface area contributed by atoms with Gasteiger partial charge in [0, 0.05) is 11.8 Å². The topological polar surface area (TPSA) is 49.7 Å². The monoisotopic (exact) mass is 107 g/mol. The fourth-order valence-corrected chi connectivity index (χ4v) is 0.125. The van der Waals surface area contributed by atoms with Crippen LogP contribution in [0.25, 0.3) is 0 Å². The van der Waals surface area contributed by atoms with Crippen LogP contribution in [0, 0.1) is 0 Å². The molecule has 0 fully saturated rings. The number of aliphatic carboxylic acids is 1. The maximum Gasteiger partial charge on any atom is 0.348 e. The maximum atomic E-state index is 9.37. The summed E-state index contributed by atoms with van der Waals surface area (Å²) in [5, 5.41) is 7.68. The van der Waals surface area contributed by atoms with Crippen LogP contribution in [0.5, 0.6) is 0 Å². The molecule has 0 rings (SSSR count). The highest BCUT2D eigenvalue weighted by Gasteiger charge is 1.80. The van der Waals surface area contributed by atoms with Crippen molar-refractivity contribution in [3.8, 4) is 0 Å². The molecule has 0 aliphatic rings. The Kier molecular flexibility index (Phi) is 2.40. The molecule has 0 heterocycles. The number of hydrogen-bond donors (Lipinski definition) is 1. The van der Waals surface area contributed by atoms with Crippen LogP contribution in [0.1, 0.15) is 0 Å². The van der Waals surface area contributed by atoms with Crippen molar-refractivity contribution in [1.29, 1.82) is 0 Å². The van der Waals surface area contributed by atoms with Crippen molar-refractivity contribution >= 4 is 24.0 Å². The maximum absolute atomic E-state index is 9.37. The van der Waals surface area contributed by atoms with Crippen molar-refractivity contribution in [2.45, 2.75) is 0 Å². The fraction of sp³-hybridized carbons (Fsp3) is 0. The summed E-state index contributed by atoms with van der Waals surface area (Å²) < 4.78 is 2.68. The van der Waals surface area contributed by atoms with E-state index >= 15 is 0 Å². The number of hydrogen-bond acceptors (Lipinski definition) is 2. The average molecular weight is 107 g/mol. The summed E-state index contributed by atoms with van der Waals surface area (Å²) in [5.74, 6) is -1.13. The van der Waals surface area contributed by atoms with Crippen LogP contribution in [0.15, 0.2) is 4.51 Å². The molecule has 0 unspecified atom stereocenters. The van der Waals surface area contributed by atoms with E-state index in [0.717, 1.165) is 0 Å². The largest absolute Gasteiger partial charge is 0.477 e. The van der Waals surface area contributed by atoms with E-state index < -0.39 is 5.97 Å². The number of halogens is 1. The van der Waals surface area contributed by atoms with Gasteiger partial charge >= 0.3 is 5.97 Å². The quantitative estimate of drug-likeness (QED) is 0.490. The van der Waals surface area contributed by atoms with Crippen LogP contribution in [0.2, 0.25) is 0 Å². The summed E-state index contributed by atoms with van der Waals surface area (Å²) in [4.78, 5) is 9.37. The Morgan fingerprint density at radius 3 is 2.50 bits per heavy atom. The molecular formula is C2H2ClNO2. The second kappa shape index (κ2) is 2.66. The fourth-order valence-electron chi connectivity index (χ4n) is 0.0417. The van der Waals surface area contributed by atoms with Crippen molar-refractivity contribution in [1.82, 2.24) is 0 Å². The third kappa shape index (κ3) is 3.43. The zero-order chi connectivity index (χ0) is 4.99. The summed E-state index contributed by atoms with van der Waals surface area (Å²) in [6, 6.07) is 0. The standard InChI is InChI=1S/C2H2ClNO2/c3-4-1-2(5)6/h1H,(H,5,6)/b4-1+. The van der Waals surface area contributed by atoms with Gasteiger partial charge in [-0.3, -0.25) is 0 Å². The molecule has 3 nitrogen and oxygen atoms in total. The Labute approximate surface area is 39.4 Å². The van der Waals surface area contributed by atoms with E-state index in [-0.39, 0.29) is 0 Å². The highest BCUT2D eigenvalue weighted by Crippen LogP contribution is 1.67. The molecular weight excluding hydrogens is 105 g/mol. The number of carboxylic acid groups (broad SMARTS) is 1. The first-order chi connectivity index (χ1) is 2.77. The van der Waals surface area contributed by atoms with Crippen LogP contribution < -0.4 is 0 Å². The van der Waals surface area contributed by atoms with E-state index in [9.17, 15) is 4.79 Å². The Morgan fingerprint density at radius 1 is 2.00 bits per heavy atom. The molecule has 0 atom stereocenters. The van der Waals surface area contributed by atoms with Crippen molar-refractivity contribution in [3.05, 3.63) is 0 Å². The van der Waals surface area contributed by atoms with Gasteiger partial charge in [0.05, 0.1) is 0 Å². The van der Waals surface area contributed by atoms with Gasteiger partial charge in [0.15, 0.2) is 0 Å². The predicted molar refractivity (Wildman–Crippen MR) is 22.0 cm³/mol. The van der Waals surface area contributed by atoms with Gasteiger partial charge in [-0.15, -0.1) is 0 Å². The third-order valence-electron chi connectivity index (χ3n) is 0.159. The van der Waals surface area contributed by atoms with Crippen LogP contribution >= 0.6 is 11.8 Å².